The van der Waals surface area contributed by atoms with Crippen LogP contribution < -0.4 is 10.1 Å². The second-order valence-corrected chi connectivity index (χ2v) is 6.65. The summed E-state index contributed by atoms with van der Waals surface area (Å²) in [5.74, 6) is 3.04. The van der Waals surface area contributed by atoms with E-state index in [1.807, 2.05) is 24.3 Å². The SMILES string of the molecule is C#CCCC1(CCNC(=O)c2nn(-c3ccc(OCCOC)cc3)nc2C)N=N1. The molecule has 2 heterocycles. The summed E-state index contributed by atoms with van der Waals surface area (Å²) < 4.78 is 10.5. The summed E-state index contributed by atoms with van der Waals surface area (Å²) in [6, 6.07) is 7.30. The van der Waals surface area contributed by atoms with Crippen LogP contribution in [0.4, 0.5) is 0 Å². The maximum absolute atomic E-state index is 12.5. The number of benzene rings is 1. The summed E-state index contributed by atoms with van der Waals surface area (Å²) in [5, 5.41) is 19.6. The molecule has 152 valence electrons. The molecule has 0 saturated carbocycles. The van der Waals surface area contributed by atoms with Gasteiger partial charge in [-0.15, -0.1) is 17.4 Å². The summed E-state index contributed by atoms with van der Waals surface area (Å²) >= 11 is 0. The first-order valence-electron chi connectivity index (χ1n) is 9.39. The van der Waals surface area contributed by atoms with Gasteiger partial charge in [0.2, 0.25) is 0 Å². The summed E-state index contributed by atoms with van der Waals surface area (Å²) in [5.41, 5.74) is 1.15. The molecule has 0 saturated heterocycles. The van der Waals surface area contributed by atoms with E-state index in [-0.39, 0.29) is 11.6 Å². The zero-order valence-electron chi connectivity index (χ0n) is 16.6. The zero-order chi connectivity index (χ0) is 20.7. The van der Waals surface area contributed by atoms with Crippen LogP contribution in [-0.2, 0) is 4.74 Å². The van der Waals surface area contributed by atoms with Crippen molar-refractivity contribution >= 4 is 5.91 Å². The maximum Gasteiger partial charge on any atom is 0.273 e. The molecule has 0 atom stereocenters. The van der Waals surface area contributed by atoms with Crippen molar-refractivity contribution < 1.29 is 14.3 Å². The van der Waals surface area contributed by atoms with Crippen LogP contribution in [-0.4, -0.2) is 53.4 Å². The van der Waals surface area contributed by atoms with Gasteiger partial charge >= 0.3 is 0 Å². The lowest BCUT2D eigenvalue weighted by Crippen LogP contribution is -2.29. The smallest absolute Gasteiger partial charge is 0.273 e. The van der Waals surface area contributed by atoms with E-state index >= 15 is 0 Å². The van der Waals surface area contributed by atoms with Gasteiger partial charge in [0.25, 0.3) is 5.91 Å². The van der Waals surface area contributed by atoms with E-state index in [1.54, 1.807) is 14.0 Å². The number of terminal acetylenes is 1. The number of ether oxygens (including phenoxy) is 2. The van der Waals surface area contributed by atoms with Crippen LogP contribution in [0.15, 0.2) is 34.5 Å². The molecule has 1 aliphatic rings. The van der Waals surface area contributed by atoms with E-state index in [0.717, 1.165) is 11.4 Å². The normalized spacial score (nSPS) is 13.7. The van der Waals surface area contributed by atoms with Gasteiger partial charge in [-0.25, -0.2) is 0 Å². The van der Waals surface area contributed by atoms with Crippen molar-refractivity contribution in [3.63, 3.8) is 0 Å². The van der Waals surface area contributed by atoms with Gasteiger partial charge in [0, 0.05) is 32.9 Å². The van der Waals surface area contributed by atoms with E-state index < -0.39 is 5.66 Å². The van der Waals surface area contributed by atoms with Crippen LogP contribution in [0, 0.1) is 19.3 Å². The average Bonchev–Trinajstić information content (AvgIpc) is 3.39. The van der Waals surface area contributed by atoms with Gasteiger partial charge in [-0.05, 0) is 31.2 Å². The molecule has 1 aromatic carbocycles. The number of methoxy groups -OCH3 is 1. The monoisotopic (exact) mass is 396 g/mol. The van der Waals surface area contributed by atoms with Crippen LogP contribution >= 0.6 is 0 Å². The number of carbonyl (C=O) groups excluding carboxylic acids is 1. The third-order valence-electron chi connectivity index (χ3n) is 4.48. The summed E-state index contributed by atoms with van der Waals surface area (Å²) in [7, 11) is 1.62. The Bertz CT molecular complexity index is 907. The average molecular weight is 396 g/mol. The highest BCUT2D eigenvalue weighted by molar-refractivity contribution is 5.93. The Balaban J connectivity index is 1.55. The van der Waals surface area contributed by atoms with E-state index in [2.05, 4.69) is 31.7 Å². The number of aromatic nitrogens is 3. The standard InChI is InChI=1S/C20H24N6O3/c1-4-5-10-20(24-25-20)11-12-21-19(27)18-15(2)22-26(23-18)16-6-8-17(9-7-16)29-14-13-28-3/h1,6-9H,5,10-14H2,2-3H3,(H,21,27). The molecule has 1 N–H and O–H groups in total. The van der Waals surface area contributed by atoms with Crippen LogP contribution in [0.2, 0.25) is 0 Å². The van der Waals surface area contributed by atoms with Crippen molar-refractivity contribution in [3.05, 3.63) is 35.7 Å². The van der Waals surface area contributed by atoms with Crippen molar-refractivity contribution in [3.8, 4) is 23.8 Å². The van der Waals surface area contributed by atoms with Crippen molar-refractivity contribution in [1.29, 1.82) is 0 Å². The van der Waals surface area contributed by atoms with Gasteiger partial charge in [-0.2, -0.15) is 20.1 Å². The van der Waals surface area contributed by atoms with Crippen molar-refractivity contribution in [1.82, 2.24) is 20.3 Å². The fraction of sp³-hybridized carbons (Fsp3) is 0.450. The van der Waals surface area contributed by atoms with Gasteiger partial charge in [0.05, 0.1) is 18.0 Å². The minimum atomic E-state index is -0.417. The van der Waals surface area contributed by atoms with E-state index in [0.29, 0.717) is 44.7 Å². The van der Waals surface area contributed by atoms with Gasteiger partial charge < -0.3 is 14.8 Å². The molecule has 9 nitrogen and oxygen atoms in total. The Morgan fingerprint density at radius 1 is 1.21 bits per heavy atom. The molecule has 0 radical (unpaired) electrons. The number of aryl methyl sites for hydroxylation is 1. The summed E-state index contributed by atoms with van der Waals surface area (Å²) in [6.07, 6.45) is 7.23. The largest absolute Gasteiger partial charge is 0.491 e. The minimum Gasteiger partial charge on any atom is -0.491 e. The fourth-order valence-corrected chi connectivity index (χ4v) is 2.75. The number of amides is 1. The molecule has 3 rings (SSSR count). The molecular formula is C20H24N6O3. The number of hydrogen-bond donors (Lipinski definition) is 1. The molecule has 0 bridgehead atoms. The highest BCUT2D eigenvalue weighted by Crippen LogP contribution is 2.36. The van der Waals surface area contributed by atoms with Gasteiger partial charge in [-0.1, -0.05) is 0 Å². The molecule has 29 heavy (non-hydrogen) atoms. The predicted octanol–water partition coefficient (Wildman–Crippen LogP) is 2.30. The molecule has 1 amide bonds. The van der Waals surface area contributed by atoms with E-state index in [1.165, 1.54) is 4.80 Å². The highest BCUT2D eigenvalue weighted by atomic mass is 16.5. The first-order chi connectivity index (χ1) is 14.1. The first kappa shape index (κ1) is 20.5. The number of carbonyl (C=O) groups is 1. The molecule has 2 aromatic rings. The topological polar surface area (TPSA) is 103 Å². The molecule has 9 heteroatoms. The molecule has 0 unspecified atom stereocenters. The molecule has 0 aliphatic carbocycles. The Morgan fingerprint density at radius 3 is 2.62 bits per heavy atom. The lowest BCUT2D eigenvalue weighted by atomic mass is 10.0. The fourth-order valence-electron chi connectivity index (χ4n) is 2.75. The van der Waals surface area contributed by atoms with Crippen molar-refractivity contribution in [2.75, 3.05) is 26.9 Å². The highest BCUT2D eigenvalue weighted by Gasteiger charge is 2.38. The van der Waals surface area contributed by atoms with Gasteiger partial charge in [0.15, 0.2) is 11.4 Å². The number of rotatable bonds is 11. The molecule has 1 aromatic heterocycles. The first-order valence-corrected chi connectivity index (χ1v) is 9.39. The number of nitrogens with one attached hydrogen (secondary N) is 1. The predicted molar refractivity (Wildman–Crippen MR) is 106 cm³/mol. The molecular weight excluding hydrogens is 372 g/mol. The van der Waals surface area contributed by atoms with Crippen LogP contribution in [0.1, 0.15) is 35.4 Å². The van der Waals surface area contributed by atoms with Gasteiger partial charge in [-0.3, -0.25) is 4.79 Å². The molecule has 0 spiro atoms. The minimum absolute atomic E-state index is 0.277. The second kappa shape index (κ2) is 9.30. The Morgan fingerprint density at radius 2 is 1.97 bits per heavy atom. The Labute approximate surface area is 169 Å². The lowest BCUT2D eigenvalue weighted by Gasteiger charge is -2.09. The third-order valence-corrected chi connectivity index (χ3v) is 4.48. The third kappa shape index (κ3) is 5.39. The van der Waals surface area contributed by atoms with Crippen LogP contribution in [0.3, 0.4) is 0 Å². The second-order valence-electron chi connectivity index (χ2n) is 6.65. The Kier molecular flexibility index (Phi) is 6.57. The van der Waals surface area contributed by atoms with Crippen molar-refractivity contribution in [2.45, 2.75) is 31.8 Å². The van der Waals surface area contributed by atoms with Gasteiger partial charge in [0.1, 0.15) is 12.4 Å². The quantitative estimate of drug-likeness (QED) is 0.464. The Hall–Kier alpha value is -3.25. The van der Waals surface area contributed by atoms with Crippen LogP contribution in [0.5, 0.6) is 5.75 Å². The van der Waals surface area contributed by atoms with E-state index in [4.69, 9.17) is 15.9 Å². The number of hydrogen-bond acceptors (Lipinski definition) is 7. The van der Waals surface area contributed by atoms with E-state index in [9.17, 15) is 4.79 Å². The molecule has 0 fully saturated rings. The lowest BCUT2D eigenvalue weighted by molar-refractivity contribution is 0.0946. The number of nitrogens with zero attached hydrogens (tertiary/aromatic N) is 5. The maximum atomic E-state index is 12.5. The zero-order valence-corrected chi connectivity index (χ0v) is 16.6. The van der Waals surface area contributed by atoms with Crippen LogP contribution in [0.25, 0.3) is 5.69 Å². The summed E-state index contributed by atoms with van der Waals surface area (Å²) in [6.45, 7) is 3.19. The molecule has 1 aliphatic heterocycles. The summed E-state index contributed by atoms with van der Waals surface area (Å²) in [4.78, 5) is 13.9. The van der Waals surface area contributed by atoms with Crippen molar-refractivity contribution in [2.24, 2.45) is 10.2 Å².